The summed E-state index contributed by atoms with van der Waals surface area (Å²) in [6, 6.07) is -0.246. The van der Waals surface area contributed by atoms with Crippen LogP contribution in [0.25, 0.3) is 0 Å². The quantitative estimate of drug-likeness (QED) is 0.673. The van der Waals surface area contributed by atoms with Crippen molar-refractivity contribution in [3.05, 3.63) is 0 Å². The van der Waals surface area contributed by atoms with E-state index in [1.807, 2.05) is 0 Å². The summed E-state index contributed by atoms with van der Waals surface area (Å²) in [5.74, 6) is -0.642. The number of rotatable bonds is 2. The van der Waals surface area contributed by atoms with Gasteiger partial charge in [0.1, 0.15) is 5.60 Å². The number of esters is 1. The van der Waals surface area contributed by atoms with Crippen LogP contribution >= 0.6 is 0 Å². The third-order valence-corrected chi connectivity index (χ3v) is 2.10. The summed E-state index contributed by atoms with van der Waals surface area (Å²) in [7, 11) is 0. The molecule has 1 N–H and O–H groups in total. The van der Waals surface area contributed by atoms with Crippen molar-refractivity contribution in [2.24, 2.45) is 0 Å². The summed E-state index contributed by atoms with van der Waals surface area (Å²) in [6.07, 6.45) is 0.455. The fraction of sp³-hybridized carbons (Fsp3) is 0.900. The number of nitrogens with one attached hydrogen (secondary N) is 1. The molecule has 1 rings (SSSR count). The first kappa shape index (κ1) is 11.5. The van der Waals surface area contributed by atoms with E-state index in [0.717, 1.165) is 19.4 Å². The molecule has 81 valence electrons. The van der Waals surface area contributed by atoms with Crippen molar-refractivity contribution in [3.63, 3.8) is 0 Å². The Balaban J connectivity index is 2.43. The van der Waals surface area contributed by atoms with E-state index >= 15 is 0 Å². The summed E-state index contributed by atoms with van der Waals surface area (Å²) < 4.78 is 5.02. The second-order valence-electron chi connectivity index (χ2n) is 4.66. The van der Waals surface area contributed by atoms with E-state index in [9.17, 15) is 9.90 Å². The molecule has 0 aromatic carbocycles. The highest BCUT2D eigenvalue weighted by Crippen LogP contribution is 2.14. The molecule has 2 atom stereocenters. The number of carbonyl (C=O) groups excluding carboxylic acids is 1. The number of hydrogen-bond donors (Lipinski definition) is 1. The number of carbonyl (C=O) groups is 1. The van der Waals surface area contributed by atoms with Gasteiger partial charge in [-0.05, 0) is 40.2 Å². The van der Waals surface area contributed by atoms with Crippen LogP contribution in [0.3, 0.4) is 0 Å². The standard InChI is InChI=1S/C10H18NO3/c1-10(2,3)14-9(13)8(12)7-5-4-6-11-7/h7-8,11H,4-6H2,1-3H3. The van der Waals surface area contributed by atoms with Crippen molar-refractivity contribution < 1.29 is 14.6 Å². The lowest BCUT2D eigenvalue weighted by Crippen LogP contribution is -2.42. The third kappa shape index (κ3) is 3.27. The first-order chi connectivity index (χ1) is 6.40. The van der Waals surface area contributed by atoms with Gasteiger partial charge in [0.2, 0.25) is 6.10 Å². The summed E-state index contributed by atoms with van der Waals surface area (Å²) in [4.78, 5) is 11.4. The minimum atomic E-state index is -1.28. The van der Waals surface area contributed by atoms with Gasteiger partial charge in [-0.3, -0.25) is 0 Å². The summed E-state index contributed by atoms with van der Waals surface area (Å²) in [5, 5.41) is 14.6. The second-order valence-corrected chi connectivity index (χ2v) is 4.66. The van der Waals surface area contributed by atoms with E-state index in [2.05, 4.69) is 5.32 Å². The highest BCUT2D eigenvalue weighted by Gasteiger charge is 2.33. The van der Waals surface area contributed by atoms with E-state index in [4.69, 9.17) is 4.74 Å². The Bertz CT molecular complexity index is 204. The molecule has 1 aliphatic heterocycles. The molecule has 1 heterocycles. The maximum atomic E-state index is 11.6. The predicted molar refractivity (Wildman–Crippen MR) is 51.3 cm³/mol. The third-order valence-electron chi connectivity index (χ3n) is 2.10. The van der Waals surface area contributed by atoms with Crippen molar-refractivity contribution in [1.82, 2.24) is 5.32 Å². The molecule has 14 heavy (non-hydrogen) atoms. The van der Waals surface area contributed by atoms with Crippen LogP contribution in [-0.2, 0) is 14.6 Å². The normalized spacial score (nSPS) is 24.7. The minimum absolute atomic E-state index is 0.246. The zero-order valence-electron chi connectivity index (χ0n) is 9.00. The summed E-state index contributed by atoms with van der Waals surface area (Å²) >= 11 is 0. The van der Waals surface area contributed by atoms with Gasteiger partial charge in [-0.25, -0.2) is 9.90 Å². The highest BCUT2D eigenvalue weighted by molar-refractivity contribution is 5.75. The minimum Gasteiger partial charge on any atom is -0.458 e. The van der Waals surface area contributed by atoms with Crippen LogP contribution in [0.15, 0.2) is 0 Å². The molecule has 1 fully saturated rings. The molecule has 0 amide bonds. The lowest BCUT2D eigenvalue weighted by atomic mass is 10.1. The fourth-order valence-electron chi connectivity index (χ4n) is 1.49. The first-order valence-electron chi connectivity index (χ1n) is 5.02. The smallest absolute Gasteiger partial charge is 0.340 e. The molecule has 0 spiro atoms. The molecule has 0 aliphatic carbocycles. The average Bonchev–Trinajstić information content (AvgIpc) is 2.51. The van der Waals surface area contributed by atoms with Gasteiger partial charge < -0.3 is 10.1 Å². The molecule has 1 saturated heterocycles. The van der Waals surface area contributed by atoms with Gasteiger partial charge in [-0.15, -0.1) is 0 Å². The highest BCUT2D eigenvalue weighted by atomic mass is 16.6. The molecular formula is C10H18NO3. The van der Waals surface area contributed by atoms with Crippen molar-refractivity contribution in [3.8, 4) is 0 Å². The molecule has 2 unspecified atom stereocenters. The second kappa shape index (κ2) is 4.28. The first-order valence-corrected chi connectivity index (χ1v) is 5.02. The van der Waals surface area contributed by atoms with Crippen LogP contribution in [0.4, 0.5) is 0 Å². The van der Waals surface area contributed by atoms with Gasteiger partial charge in [0, 0.05) is 6.04 Å². The van der Waals surface area contributed by atoms with Gasteiger partial charge in [0.15, 0.2) is 0 Å². The lowest BCUT2D eigenvalue weighted by molar-refractivity contribution is -0.170. The Morgan fingerprint density at radius 3 is 2.57 bits per heavy atom. The predicted octanol–water partition coefficient (Wildman–Crippen LogP) is 0.879. The van der Waals surface area contributed by atoms with Crippen LogP contribution in [0, 0.1) is 0 Å². The number of hydrogen-bond acceptors (Lipinski definition) is 3. The maximum Gasteiger partial charge on any atom is 0.340 e. The maximum absolute atomic E-state index is 11.6. The van der Waals surface area contributed by atoms with Gasteiger partial charge in [0.05, 0.1) is 0 Å². The zero-order valence-corrected chi connectivity index (χ0v) is 9.00. The van der Waals surface area contributed by atoms with Gasteiger partial charge >= 0.3 is 5.97 Å². The Hall–Kier alpha value is -0.610. The molecule has 0 saturated carbocycles. The lowest BCUT2D eigenvalue weighted by Gasteiger charge is -2.23. The summed E-state index contributed by atoms with van der Waals surface area (Å²) in [5.41, 5.74) is -0.571. The molecular weight excluding hydrogens is 182 g/mol. The van der Waals surface area contributed by atoms with Crippen LogP contribution in [0.2, 0.25) is 0 Å². The monoisotopic (exact) mass is 200 g/mol. The molecule has 0 aromatic heterocycles. The van der Waals surface area contributed by atoms with E-state index < -0.39 is 17.7 Å². The molecule has 0 bridgehead atoms. The van der Waals surface area contributed by atoms with Crippen LogP contribution in [0.5, 0.6) is 0 Å². The largest absolute Gasteiger partial charge is 0.458 e. The van der Waals surface area contributed by atoms with Crippen molar-refractivity contribution in [2.45, 2.75) is 51.4 Å². The van der Waals surface area contributed by atoms with Gasteiger partial charge in [-0.2, -0.15) is 0 Å². The molecule has 0 aromatic rings. The Kier molecular flexibility index (Phi) is 3.50. The summed E-state index contributed by atoms with van der Waals surface area (Å²) in [6.45, 7) is 6.12. The average molecular weight is 200 g/mol. The van der Waals surface area contributed by atoms with E-state index in [0.29, 0.717) is 0 Å². The SMILES string of the molecule is CC(C)(C)OC(=O)C([O])C1CCCN1. The van der Waals surface area contributed by atoms with Crippen LogP contribution in [-0.4, -0.2) is 30.3 Å². The Labute approximate surface area is 84.6 Å². The van der Waals surface area contributed by atoms with E-state index in [1.54, 1.807) is 20.8 Å². The van der Waals surface area contributed by atoms with Crippen molar-refractivity contribution >= 4 is 5.97 Å². The topological polar surface area (TPSA) is 58.2 Å². The van der Waals surface area contributed by atoms with Crippen LogP contribution < -0.4 is 5.32 Å². The van der Waals surface area contributed by atoms with Crippen LogP contribution in [0.1, 0.15) is 33.6 Å². The Morgan fingerprint density at radius 1 is 1.50 bits per heavy atom. The number of ether oxygens (including phenoxy) is 1. The van der Waals surface area contributed by atoms with E-state index in [-0.39, 0.29) is 6.04 Å². The van der Waals surface area contributed by atoms with Crippen molar-refractivity contribution in [2.75, 3.05) is 6.54 Å². The zero-order chi connectivity index (χ0) is 10.8. The molecule has 1 radical (unpaired) electrons. The van der Waals surface area contributed by atoms with Gasteiger partial charge in [-0.1, -0.05) is 0 Å². The fourth-order valence-corrected chi connectivity index (χ4v) is 1.49. The Morgan fingerprint density at radius 2 is 2.14 bits per heavy atom. The van der Waals surface area contributed by atoms with Gasteiger partial charge in [0.25, 0.3) is 0 Å². The molecule has 4 nitrogen and oxygen atoms in total. The van der Waals surface area contributed by atoms with Crippen molar-refractivity contribution in [1.29, 1.82) is 0 Å². The van der Waals surface area contributed by atoms with E-state index in [1.165, 1.54) is 0 Å². The molecule has 4 heteroatoms. The molecule has 1 aliphatic rings.